The summed E-state index contributed by atoms with van der Waals surface area (Å²) in [6, 6.07) is 6.78. The van der Waals surface area contributed by atoms with Crippen LogP contribution in [-0.4, -0.2) is 25.6 Å². The lowest BCUT2D eigenvalue weighted by Gasteiger charge is -2.06. The quantitative estimate of drug-likeness (QED) is 0.796. The number of amides is 3. The van der Waals surface area contributed by atoms with E-state index in [-0.39, 0.29) is 6.61 Å². The second-order valence-electron chi connectivity index (χ2n) is 3.23. The molecule has 3 amide bonds. The third-order valence-electron chi connectivity index (χ3n) is 1.84. The number of ether oxygens (including phenoxy) is 1. The van der Waals surface area contributed by atoms with Gasteiger partial charge in [0, 0.05) is 7.05 Å². The van der Waals surface area contributed by atoms with Gasteiger partial charge >= 0.3 is 6.03 Å². The molecule has 0 atom stereocenters. The van der Waals surface area contributed by atoms with Crippen molar-refractivity contribution in [1.29, 1.82) is 0 Å². The lowest BCUT2D eigenvalue weighted by Crippen LogP contribution is -2.39. The van der Waals surface area contributed by atoms with E-state index in [0.717, 1.165) is 5.56 Å². The maximum atomic E-state index is 11.2. The molecular weight excluding hydrogens is 208 g/mol. The number of aryl methyl sites for hydroxylation is 1. The van der Waals surface area contributed by atoms with Crippen molar-refractivity contribution in [3.05, 3.63) is 29.8 Å². The lowest BCUT2D eigenvalue weighted by atomic mass is 10.2. The topological polar surface area (TPSA) is 67.4 Å². The van der Waals surface area contributed by atoms with Gasteiger partial charge in [0.2, 0.25) is 0 Å². The van der Waals surface area contributed by atoms with Crippen LogP contribution >= 0.6 is 0 Å². The van der Waals surface area contributed by atoms with Crippen molar-refractivity contribution in [3.63, 3.8) is 0 Å². The summed E-state index contributed by atoms with van der Waals surface area (Å²) in [5.74, 6) is 0.118. The molecule has 0 aromatic heterocycles. The summed E-state index contributed by atoms with van der Waals surface area (Å²) in [6.07, 6.45) is 0. The van der Waals surface area contributed by atoms with Crippen LogP contribution in [0.5, 0.6) is 5.75 Å². The number of hydrogen-bond acceptors (Lipinski definition) is 3. The van der Waals surface area contributed by atoms with Gasteiger partial charge in [-0.1, -0.05) is 12.1 Å². The second kappa shape index (κ2) is 5.75. The Morgan fingerprint density at radius 1 is 1.38 bits per heavy atom. The van der Waals surface area contributed by atoms with E-state index in [1.165, 1.54) is 7.05 Å². The van der Waals surface area contributed by atoms with Crippen molar-refractivity contribution in [2.24, 2.45) is 0 Å². The molecule has 0 radical (unpaired) electrons. The first-order chi connectivity index (χ1) is 7.61. The van der Waals surface area contributed by atoms with E-state index in [1.54, 1.807) is 6.07 Å². The van der Waals surface area contributed by atoms with Gasteiger partial charge in [-0.3, -0.25) is 10.1 Å². The fourth-order valence-electron chi connectivity index (χ4n) is 1.08. The van der Waals surface area contributed by atoms with Gasteiger partial charge in [-0.15, -0.1) is 0 Å². The van der Waals surface area contributed by atoms with E-state index in [4.69, 9.17) is 4.74 Å². The molecule has 0 aliphatic carbocycles. The molecule has 5 nitrogen and oxygen atoms in total. The Hall–Kier alpha value is -2.04. The zero-order chi connectivity index (χ0) is 12.0. The second-order valence-corrected chi connectivity index (χ2v) is 3.23. The number of carbonyl (C=O) groups excluding carboxylic acids is 2. The summed E-state index contributed by atoms with van der Waals surface area (Å²) in [5, 5.41) is 4.38. The SMILES string of the molecule is CNC(=O)NC(=O)COc1cccc(C)c1. The van der Waals surface area contributed by atoms with Crippen LogP contribution in [0.3, 0.4) is 0 Å². The molecule has 0 saturated heterocycles. The Labute approximate surface area is 93.8 Å². The van der Waals surface area contributed by atoms with E-state index in [2.05, 4.69) is 10.6 Å². The maximum absolute atomic E-state index is 11.2. The normalized spacial score (nSPS) is 9.38. The predicted molar refractivity (Wildman–Crippen MR) is 59.3 cm³/mol. The Bertz CT molecular complexity index is 391. The monoisotopic (exact) mass is 222 g/mol. The number of imide groups is 1. The highest BCUT2D eigenvalue weighted by atomic mass is 16.5. The van der Waals surface area contributed by atoms with Crippen molar-refractivity contribution in [2.75, 3.05) is 13.7 Å². The number of urea groups is 1. The van der Waals surface area contributed by atoms with Gasteiger partial charge in [0.15, 0.2) is 6.61 Å². The van der Waals surface area contributed by atoms with Gasteiger partial charge in [0.25, 0.3) is 5.91 Å². The average molecular weight is 222 g/mol. The minimum atomic E-state index is -0.544. The van der Waals surface area contributed by atoms with Crippen molar-refractivity contribution < 1.29 is 14.3 Å². The van der Waals surface area contributed by atoms with Crippen LogP contribution < -0.4 is 15.4 Å². The Kier molecular flexibility index (Phi) is 4.32. The molecule has 0 fully saturated rings. The first-order valence-electron chi connectivity index (χ1n) is 4.83. The Morgan fingerprint density at radius 2 is 2.12 bits per heavy atom. The molecule has 0 unspecified atom stereocenters. The molecule has 1 rings (SSSR count). The molecule has 0 saturated carbocycles. The predicted octanol–water partition coefficient (Wildman–Crippen LogP) is 0.829. The molecule has 0 aliphatic heterocycles. The fraction of sp³-hybridized carbons (Fsp3) is 0.273. The highest BCUT2D eigenvalue weighted by molar-refractivity contribution is 5.94. The molecule has 0 heterocycles. The Morgan fingerprint density at radius 3 is 2.75 bits per heavy atom. The average Bonchev–Trinajstić information content (AvgIpc) is 2.26. The smallest absolute Gasteiger partial charge is 0.321 e. The molecule has 2 N–H and O–H groups in total. The highest BCUT2D eigenvalue weighted by Crippen LogP contribution is 2.11. The van der Waals surface area contributed by atoms with Crippen LogP contribution in [0, 0.1) is 6.92 Å². The molecule has 5 heteroatoms. The lowest BCUT2D eigenvalue weighted by molar-refractivity contribution is -0.122. The first kappa shape index (κ1) is 12.0. The van der Waals surface area contributed by atoms with Crippen LogP contribution in [0.15, 0.2) is 24.3 Å². The molecule has 0 aliphatic rings. The van der Waals surface area contributed by atoms with E-state index >= 15 is 0 Å². The highest BCUT2D eigenvalue weighted by Gasteiger charge is 2.06. The number of carbonyl (C=O) groups is 2. The summed E-state index contributed by atoms with van der Waals surface area (Å²) < 4.78 is 5.20. The summed E-state index contributed by atoms with van der Waals surface area (Å²) in [6.45, 7) is 1.74. The summed E-state index contributed by atoms with van der Waals surface area (Å²) in [7, 11) is 1.43. The van der Waals surface area contributed by atoms with Gasteiger partial charge in [0.05, 0.1) is 0 Å². The van der Waals surface area contributed by atoms with Gasteiger partial charge in [-0.2, -0.15) is 0 Å². The third-order valence-corrected chi connectivity index (χ3v) is 1.84. The number of nitrogens with one attached hydrogen (secondary N) is 2. The fourth-order valence-corrected chi connectivity index (χ4v) is 1.08. The third kappa shape index (κ3) is 4.00. The van der Waals surface area contributed by atoms with Crippen molar-refractivity contribution >= 4 is 11.9 Å². The largest absolute Gasteiger partial charge is 0.484 e. The van der Waals surface area contributed by atoms with Gasteiger partial charge in [-0.05, 0) is 24.6 Å². The van der Waals surface area contributed by atoms with Gasteiger partial charge in [-0.25, -0.2) is 4.79 Å². The van der Waals surface area contributed by atoms with Crippen LogP contribution in [0.4, 0.5) is 4.79 Å². The first-order valence-corrected chi connectivity index (χ1v) is 4.83. The van der Waals surface area contributed by atoms with E-state index in [0.29, 0.717) is 5.75 Å². The molecule has 0 spiro atoms. The molecule has 16 heavy (non-hydrogen) atoms. The minimum absolute atomic E-state index is 0.184. The van der Waals surface area contributed by atoms with Crippen molar-refractivity contribution in [3.8, 4) is 5.75 Å². The number of benzene rings is 1. The Balaban J connectivity index is 2.40. The number of hydrogen-bond donors (Lipinski definition) is 2. The molecule has 1 aromatic rings. The maximum Gasteiger partial charge on any atom is 0.321 e. The minimum Gasteiger partial charge on any atom is -0.484 e. The summed E-state index contributed by atoms with van der Waals surface area (Å²) in [5.41, 5.74) is 1.05. The van der Waals surface area contributed by atoms with Crippen LogP contribution in [0.25, 0.3) is 0 Å². The van der Waals surface area contributed by atoms with E-state index < -0.39 is 11.9 Å². The van der Waals surface area contributed by atoms with E-state index in [1.807, 2.05) is 25.1 Å². The number of rotatable bonds is 3. The molecular formula is C11H14N2O3. The van der Waals surface area contributed by atoms with Crippen LogP contribution in [0.1, 0.15) is 5.56 Å². The van der Waals surface area contributed by atoms with Crippen molar-refractivity contribution in [2.45, 2.75) is 6.92 Å². The zero-order valence-corrected chi connectivity index (χ0v) is 9.24. The molecule has 86 valence electrons. The summed E-state index contributed by atoms with van der Waals surface area (Å²) in [4.78, 5) is 22.0. The van der Waals surface area contributed by atoms with Crippen LogP contribution in [0.2, 0.25) is 0 Å². The van der Waals surface area contributed by atoms with Crippen LogP contribution in [-0.2, 0) is 4.79 Å². The van der Waals surface area contributed by atoms with Crippen molar-refractivity contribution in [1.82, 2.24) is 10.6 Å². The standard InChI is InChI=1S/C11H14N2O3/c1-8-4-3-5-9(6-8)16-7-10(14)13-11(15)12-2/h3-6H,7H2,1-2H3,(H2,12,13,14,15). The van der Waals surface area contributed by atoms with Gasteiger partial charge in [0.1, 0.15) is 5.75 Å². The van der Waals surface area contributed by atoms with E-state index in [9.17, 15) is 9.59 Å². The summed E-state index contributed by atoms with van der Waals surface area (Å²) >= 11 is 0. The zero-order valence-electron chi connectivity index (χ0n) is 9.24. The molecule has 1 aromatic carbocycles. The molecule has 0 bridgehead atoms. The van der Waals surface area contributed by atoms with Gasteiger partial charge < -0.3 is 10.1 Å².